The Labute approximate surface area is 180 Å². The van der Waals surface area contributed by atoms with Crippen LogP contribution in [0.5, 0.6) is 11.5 Å². The fourth-order valence-electron chi connectivity index (χ4n) is 2.61. The first kappa shape index (κ1) is 21.7. The quantitative estimate of drug-likeness (QED) is 0.638. The Kier molecular flexibility index (Phi) is 6.63. The first-order valence-corrected chi connectivity index (χ1v) is 9.94. The fraction of sp³-hybridized carbons (Fsp3) is 0.150. The van der Waals surface area contributed by atoms with Crippen molar-refractivity contribution in [2.45, 2.75) is 6.92 Å². The van der Waals surface area contributed by atoms with Crippen LogP contribution in [0.2, 0.25) is 5.02 Å². The lowest BCUT2D eigenvalue weighted by Gasteiger charge is -2.12. The Morgan fingerprint density at radius 3 is 2.67 bits per heavy atom. The van der Waals surface area contributed by atoms with Crippen LogP contribution in [0.15, 0.2) is 41.3 Å². The summed E-state index contributed by atoms with van der Waals surface area (Å²) in [6.45, 7) is 1.55. The lowest BCUT2D eigenvalue weighted by Crippen LogP contribution is -2.36. The topological polar surface area (TPSA) is 95.9 Å². The molecule has 7 nitrogen and oxygen atoms in total. The molecule has 156 valence electrons. The number of nitrogens with one attached hydrogen (secondary N) is 1. The van der Waals surface area contributed by atoms with Crippen LogP contribution in [0.4, 0.5) is 14.9 Å². The van der Waals surface area contributed by atoms with E-state index in [1.54, 1.807) is 6.92 Å². The van der Waals surface area contributed by atoms with Crippen molar-refractivity contribution in [3.63, 3.8) is 0 Å². The first-order valence-electron chi connectivity index (χ1n) is 8.74. The van der Waals surface area contributed by atoms with Gasteiger partial charge < -0.3 is 15.2 Å². The van der Waals surface area contributed by atoms with Gasteiger partial charge in [-0.3, -0.25) is 19.3 Å². The number of hydrogen-bond acceptors (Lipinski definition) is 6. The van der Waals surface area contributed by atoms with Gasteiger partial charge in [0.15, 0.2) is 11.5 Å². The third-order valence-electron chi connectivity index (χ3n) is 3.95. The largest absolute Gasteiger partial charge is 0.503 e. The van der Waals surface area contributed by atoms with Gasteiger partial charge in [-0.2, -0.15) is 0 Å². The van der Waals surface area contributed by atoms with Gasteiger partial charge in [0, 0.05) is 5.69 Å². The second-order valence-corrected chi connectivity index (χ2v) is 7.51. The van der Waals surface area contributed by atoms with Crippen molar-refractivity contribution in [3.05, 3.63) is 57.7 Å². The molecule has 0 aromatic heterocycles. The maximum absolute atomic E-state index is 12.9. The number of carbonyl (C=O) groups excluding carboxylic acids is 3. The number of aromatic hydroxyl groups is 1. The van der Waals surface area contributed by atoms with Crippen LogP contribution in [0.1, 0.15) is 12.5 Å². The SMILES string of the molecule is CCOc1cc(/C=C2\SC(=O)N(CC(=O)Nc3ccc(F)cc3)C2=O)cc(Cl)c1O. The average molecular weight is 451 g/mol. The highest BCUT2D eigenvalue weighted by molar-refractivity contribution is 8.18. The number of phenols is 1. The molecular weight excluding hydrogens is 435 g/mol. The summed E-state index contributed by atoms with van der Waals surface area (Å²) in [4.78, 5) is 37.9. The summed E-state index contributed by atoms with van der Waals surface area (Å²) < 4.78 is 18.2. The van der Waals surface area contributed by atoms with Crippen molar-refractivity contribution in [1.82, 2.24) is 4.90 Å². The zero-order valence-electron chi connectivity index (χ0n) is 15.6. The second kappa shape index (κ2) is 9.19. The van der Waals surface area contributed by atoms with E-state index in [2.05, 4.69) is 5.32 Å². The fourth-order valence-corrected chi connectivity index (χ4v) is 3.67. The molecule has 1 saturated heterocycles. The molecular formula is C20H16ClFN2O5S. The first-order chi connectivity index (χ1) is 14.3. The number of thioether (sulfide) groups is 1. The van der Waals surface area contributed by atoms with E-state index >= 15 is 0 Å². The number of carbonyl (C=O) groups is 3. The molecule has 3 amide bonds. The number of imide groups is 1. The lowest BCUT2D eigenvalue weighted by atomic mass is 10.2. The number of amides is 3. The number of hydrogen-bond donors (Lipinski definition) is 2. The number of anilines is 1. The number of benzene rings is 2. The van der Waals surface area contributed by atoms with Crippen LogP contribution in [-0.2, 0) is 9.59 Å². The molecule has 0 radical (unpaired) electrons. The van der Waals surface area contributed by atoms with E-state index < -0.39 is 29.4 Å². The zero-order chi connectivity index (χ0) is 21.8. The van der Waals surface area contributed by atoms with Gasteiger partial charge in [0.25, 0.3) is 11.1 Å². The Morgan fingerprint density at radius 2 is 2.00 bits per heavy atom. The third-order valence-corrected chi connectivity index (χ3v) is 5.15. The van der Waals surface area contributed by atoms with Gasteiger partial charge in [-0.05, 0) is 66.7 Å². The molecule has 10 heteroatoms. The summed E-state index contributed by atoms with van der Waals surface area (Å²) in [6.07, 6.45) is 1.43. The molecule has 0 bridgehead atoms. The van der Waals surface area contributed by atoms with E-state index in [-0.39, 0.29) is 21.4 Å². The Hall–Kier alpha value is -3.04. The smallest absolute Gasteiger partial charge is 0.294 e. The van der Waals surface area contributed by atoms with Crippen LogP contribution in [0, 0.1) is 5.82 Å². The molecule has 2 N–H and O–H groups in total. The van der Waals surface area contributed by atoms with E-state index in [4.69, 9.17) is 16.3 Å². The van der Waals surface area contributed by atoms with Gasteiger partial charge in [0.05, 0.1) is 16.5 Å². The summed E-state index contributed by atoms with van der Waals surface area (Å²) >= 11 is 6.66. The summed E-state index contributed by atoms with van der Waals surface area (Å²) in [5.74, 6) is -1.76. The molecule has 0 unspecified atom stereocenters. The summed E-state index contributed by atoms with van der Waals surface area (Å²) in [7, 11) is 0. The van der Waals surface area contributed by atoms with E-state index in [0.717, 1.165) is 4.90 Å². The van der Waals surface area contributed by atoms with Crippen molar-refractivity contribution in [3.8, 4) is 11.5 Å². The zero-order valence-corrected chi connectivity index (χ0v) is 17.2. The lowest BCUT2D eigenvalue weighted by molar-refractivity contribution is -0.127. The molecule has 2 aromatic carbocycles. The molecule has 0 aliphatic carbocycles. The molecule has 2 aromatic rings. The molecule has 0 saturated carbocycles. The molecule has 0 spiro atoms. The van der Waals surface area contributed by atoms with E-state index in [0.29, 0.717) is 29.6 Å². The molecule has 30 heavy (non-hydrogen) atoms. The second-order valence-electron chi connectivity index (χ2n) is 6.11. The van der Waals surface area contributed by atoms with Crippen LogP contribution < -0.4 is 10.1 Å². The van der Waals surface area contributed by atoms with Crippen molar-refractivity contribution in [1.29, 1.82) is 0 Å². The van der Waals surface area contributed by atoms with Gasteiger partial charge in [-0.25, -0.2) is 4.39 Å². The van der Waals surface area contributed by atoms with Crippen molar-refractivity contribution in [2.75, 3.05) is 18.5 Å². The maximum Gasteiger partial charge on any atom is 0.294 e. The van der Waals surface area contributed by atoms with Gasteiger partial charge >= 0.3 is 0 Å². The van der Waals surface area contributed by atoms with Crippen molar-refractivity contribution >= 4 is 52.2 Å². The Balaban J connectivity index is 1.74. The van der Waals surface area contributed by atoms with Gasteiger partial charge in [0.1, 0.15) is 12.4 Å². The minimum absolute atomic E-state index is 0.0325. The Morgan fingerprint density at radius 1 is 1.30 bits per heavy atom. The van der Waals surface area contributed by atoms with Gasteiger partial charge in [-0.1, -0.05) is 11.6 Å². The average Bonchev–Trinajstić information content (AvgIpc) is 2.95. The number of halogens is 2. The summed E-state index contributed by atoms with van der Waals surface area (Å²) in [5.41, 5.74) is 0.786. The monoisotopic (exact) mass is 450 g/mol. The van der Waals surface area contributed by atoms with E-state index in [1.807, 2.05) is 0 Å². The van der Waals surface area contributed by atoms with Crippen LogP contribution in [0.25, 0.3) is 6.08 Å². The standard InChI is InChI=1S/C20H16ClFN2O5S/c1-2-29-15-8-11(7-14(21)18(15)26)9-16-19(27)24(20(28)30-16)10-17(25)23-13-5-3-12(22)4-6-13/h3-9,26H,2,10H2,1H3,(H,23,25)/b16-9-. The molecule has 3 rings (SSSR count). The minimum atomic E-state index is -0.638. The third kappa shape index (κ3) is 4.92. The Bertz CT molecular complexity index is 1040. The summed E-state index contributed by atoms with van der Waals surface area (Å²) in [5, 5.41) is 11.8. The molecule has 0 atom stereocenters. The van der Waals surface area contributed by atoms with E-state index in [1.165, 1.54) is 42.5 Å². The highest BCUT2D eigenvalue weighted by atomic mass is 35.5. The number of nitrogens with zero attached hydrogens (tertiary/aromatic N) is 1. The highest BCUT2D eigenvalue weighted by Crippen LogP contribution is 2.38. The molecule has 1 heterocycles. The molecule has 1 aliphatic heterocycles. The van der Waals surface area contributed by atoms with Crippen molar-refractivity contribution in [2.24, 2.45) is 0 Å². The number of rotatable bonds is 6. The number of ether oxygens (including phenoxy) is 1. The normalized spacial score (nSPS) is 15.0. The van der Waals surface area contributed by atoms with E-state index in [9.17, 15) is 23.9 Å². The molecule has 1 aliphatic rings. The summed E-state index contributed by atoms with van der Waals surface area (Å²) in [6, 6.07) is 8.00. The van der Waals surface area contributed by atoms with Gasteiger partial charge in [-0.15, -0.1) is 0 Å². The highest BCUT2D eigenvalue weighted by Gasteiger charge is 2.36. The van der Waals surface area contributed by atoms with Crippen LogP contribution in [0.3, 0.4) is 0 Å². The van der Waals surface area contributed by atoms with Gasteiger partial charge in [0.2, 0.25) is 5.91 Å². The number of phenolic OH excluding ortho intramolecular Hbond substituents is 1. The maximum atomic E-state index is 12.9. The van der Waals surface area contributed by atoms with Crippen LogP contribution in [-0.4, -0.2) is 40.2 Å². The van der Waals surface area contributed by atoms with Crippen LogP contribution >= 0.6 is 23.4 Å². The predicted molar refractivity (Wildman–Crippen MR) is 112 cm³/mol. The minimum Gasteiger partial charge on any atom is -0.503 e. The molecule has 1 fully saturated rings. The van der Waals surface area contributed by atoms with Crippen molar-refractivity contribution < 1.29 is 28.6 Å². The predicted octanol–water partition coefficient (Wildman–Crippen LogP) is 4.26.